The zero-order chi connectivity index (χ0) is 24.1. The third-order valence-electron chi connectivity index (χ3n) is 6.88. The normalized spacial score (nSPS) is 18.2. The Bertz CT molecular complexity index is 1090. The standard InChI is InChI=1S/C26H35N3O4S/c1-20-11-15-29(16-12-20)34(31,32)23-9-10-25(33-2)24(17-23)26(30)27-18-21-5-7-22(8-6-21)19-28-13-3-4-14-28/h5-10,17,20H,3-4,11-16,18-19H2,1-2H3,(H,27,30). The van der Waals surface area contributed by atoms with Crippen LogP contribution in [0.25, 0.3) is 0 Å². The first-order chi connectivity index (χ1) is 16.4. The van der Waals surface area contributed by atoms with Crippen molar-refractivity contribution in [3.63, 3.8) is 0 Å². The molecule has 1 amide bonds. The minimum Gasteiger partial charge on any atom is -0.496 e. The van der Waals surface area contributed by atoms with Crippen molar-refractivity contribution in [3.8, 4) is 5.75 Å². The SMILES string of the molecule is COc1ccc(S(=O)(=O)N2CCC(C)CC2)cc1C(=O)NCc1ccc(CN2CCCC2)cc1. The summed E-state index contributed by atoms with van der Waals surface area (Å²) in [5.74, 6) is 0.518. The molecule has 34 heavy (non-hydrogen) atoms. The van der Waals surface area contributed by atoms with Crippen LogP contribution in [0.5, 0.6) is 5.75 Å². The third-order valence-corrected chi connectivity index (χ3v) is 8.77. The lowest BCUT2D eigenvalue weighted by molar-refractivity contribution is 0.0947. The number of nitrogens with one attached hydrogen (secondary N) is 1. The maximum absolute atomic E-state index is 13.2. The fraction of sp³-hybridized carbons (Fsp3) is 0.500. The number of rotatable bonds is 8. The average molecular weight is 486 g/mol. The van der Waals surface area contributed by atoms with Crippen LogP contribution in [-0.2, 0) is 23.1 Å². The van der Waals surface area contributed by atoms with E-state index in [-0.39, 0.29) is 16.4 Å². The maximum Gasteiger partial charge on any atom is 0.255 e. The molecule has 2 aromatic carbocycles. The van der Waals surface area contributed by atoms with Crippen molar-refractivity contribution in [1.29, 1.82) is 0 Å². The van der Waals surface area contributed by atoms with E-state index in [0.717, 1.165) is 38.0 Å². The highest BCUT2D eigenvalue weighted by atomic mass is 32.2. The minimum absolute atomic E-state index is 0.124. The Kier molecular flexibility index (Phi) is 7.91. The zero-order valence-electron chi connectivity index (χ0n) is 20.1. The van der Waals surface area contributed by atoms with E-state index in [1.807, 2.05) is 12.1 Å². The second-order valence-corrected chi connectivity index (χ2v) is 11.4. The predicted molar refractivity (Wildman–Crippen MR) is 132 cm³/mol. The van der Waals surface area contributed by atoms with E-state index >= 15 is 0 Å². The quantitative estimate of drug-likeness (QED) is 0.618. The largest absolute Gasteiger partial charge is 0.496 e. The van der Waals surface area contributed by atoms with Crippen LogP contribution in [0.15, 0.2) is 47.4 Å². The Morgan fingerprint density at radius 1 is 1.00 bits per heavy atom. The van der Waals surface area contributed by atoms with Crippen molar-refractivity contribution in [2.75, 3.05) is 33.3 Å². The van der Waals surface area contributed by atoms with Gasteiger partial charge in [-0.3, -0.25) is 9.69 Å². The number of sulfonamides is 1. The highest BCUT2D eigenvalue weighted by molar-refractivity contribution is 7.89. The molecule has 0 aliphatic carbocycles. The summed E-state index contributed by atoms with van der Waals surface area (Å²) in [6.07, 6.45) is 4.24. The van der Waals surface area contributed by atoms with E-state index in [0.29, 0.717) is 31.3 Å². The molecule has 2 aliphatic heterocycles. The van der Waals surface area contributed by atoms with Gasteiger partial charge in [-0.15, -0.1) is 0 Å². The number of carbonyl (C=O) groups is 1. The Balaban J connectivity index is 1.43. The summed E-state index contributed by atoms with van der Waals surface area (Å²) in [4.78, 5) is 15.6. The monoisotopic (exact) mass is 485 g/mol. The fourth-order valence-corrected chi connectivity index (χ4v) is 6.13. The van der Waals surface area contributed by atoms with Gasteiger partial charge in [0.05, 0.1) is 17.6 Å². The lowest BCUT2D eigenvalue weighted by atomic mass is 10.0. The molecule has 184 valence electrons. The maximum atomic E-state index is 13.2. The number of hydrogen-bond donors (Lipinski definition) is 1. The van der Waals surface area contributed by atoms with Crippen molar-refractivity contribution < 1.29 is 17.9 Å². The van der Waals surface area contributed by atoms with Gasteiger partial charge in [-0.05, 0) is 74.0 Å². The molecule has 8 heteroatoms. The summed E-state index contributed by atoms with van der Waals surface area (Å²) >= 11 is 0. The Morgan fingerprint density at radius 3 is 2.29 bits per heavy atom. The van der Waals surface area contributed by atoms with Gasteiger partial charge in [0.15, 0.2) is 0 Å². The third kappa shape index (κ3) is 5.79. The van der Waals surface area contributed by atoms with E-state index in [2.05, 4.69) is 29.3 Å². The molecule has 2 aromatic rings. The molecule has 2 fully saturated rings. The van der Waals surface area contributed by atoms with Crippen LogP contribution < -0.4 is 10.1 Å². The van der Waals surface area contributed by atoms with Crippen molar-refractivity contribution in [2.45, 2.75) is 50.6 Å². The first-order valence-corrected chi connectivity index (χ1v) is 13.6. The molecule has 4 rings (SSSR count). The summed E-state index contributed by atoms with van der Waals surface area (Å²) in [5, 5.41) is 2.91. The van der Waals surface area contributed by atoms with Gasteiger partial charge in [0, 0.05) is 26.2 Å². The molecule has 0 saturated carbocycles. The lowest BCUT2D eigenvalue weighted by Crippen LogP contribution is -2.38. The second-order valence-electron chi connectivity index (χ2n) is 9.43. The van der Waals surface area contributed by atoms with E-state index in [9.17, 15) is 13.2 Å². The van der Waals surface area contributed by atoms with Crippen LogP contribution in [0.1, 0.15) is 54.1 Å². The highest BCUT2D eigenvalue weighted by Gasteiger charge is 2.29. The Morgan fingerprint density at radius 2 is 1.65 bits per heavy atom. The van der Waals surface area contributed by atoms with Crippen LogP contribution >= 0.6 is 0 Å². The number of amides is 1. The summed E-state index contributed by atoms with van der Waals surface area (Å²) in [6.45, 7) is 6.78. The molecular weight excluding hydrogens is 450 g/mol. The molecule has 0 bridgehead atoms. The van der Waals surface area contributed by atoms with Gasteiger partial charge in [0.2, 0.25) is 10.0 Å². The fourth-order valence-electron chi connectivity index (χ4n) is 4.64. The van der Waals surface area contributed by atoms with Crippen molar-refractivity contribution in [1.82, 2.24) is 14.5 Å². The van der Waals surface area contributed by atoms with Gasteiger partial charge in [-0.2, -0.15) is 4.31 Å². The van der Waals surface area contributed by atoms with Gasteiger partial charge >= 0.3 is 0 Å². The summed E-state index contributed by atoms with van der Waals surface area (Å²) < 4.78 is 33.2. The topological polar surface area (TPSA) is 79.0 Å². The van der Waals surface area contributed by atoms with Crippen LogP contribution in [-0.4, -0.2) is 56.8 Å². The molecule has 0 radical (unpaired) electrons. The lowest BCUT2D eigenvalue weighted by Gasteiger charge is -2.29. The molecular formula is C26H35N3O4S. The molecule has 2 saturated heterocycles. The molecule has 1 N–H and O–H groups in total. The van der Waals surface area contributed by atoms with Crippen LogP contribution in [0.2, 0.25) is 0 Å². The van der Waals surface area contributed by atoms with Gasteiger partial charge in [-0.1, -0.05) is 31.2 Å². The zero-order valence-corrected chi connectivity index (χ0v) is 20.9. The number of hydrogen-bond acceptors (Lipinski definition) is 5. The predicted octanol–water partition coefficient (Wildman–Crippen LogP) is 3.64. The number of likely N-dealkylation sites (tertiary alicyclic amines) is 1. The van der Waals surface area contributed by atoms with E-state index in [4.69, 9.17) is 4.74 Å². The summed E-state index contributed by atoms with van der Waals surface area (Å²) in [6, 6.07) is 12.8. The molecule has 7 nitrogen and oxygen atoms in total. The van der Waals surface area contributed by atoms with Crippen molar-refractivity contribution in [2.24, 2.45) is 5.92 Å². The second kappa shape index (κ2) is 10.9. The molecule has 2 heterocycles. The van der Waals surface area contributed by atoms with Crippen molar-refractivity contribution >= 4 is 15.9 Å². The van der Waals surface area contributed by atoms with Crippen LogP contribution in [0.4, 0.5) is 0 Å². The number of ether oxygens (including phenoxy) is 1. The number of nitrogens with zero attached hydrogens (tertiary/aromatic N) is 2. The van der Waals surface area contributed by atoms with Gasteiger partial charge in [0.25, 0.3) is 5.91 Å². The summed E-state index contributed by atoms with van der Waals surface area (Å²) in [7, 11) is -2.18. The first kappa shape index (κ1) is 24.7. The highest BCUT2D eigenvalue weighted by Crippen LogP contribution is 2.27. The van der Waals surface area contributed by atoms with E-state index < -0.39 is 10.0 Å². The minimum atomic E-state index is -3.65. The van der Waals surface area contributed by atoms with Gasteiger partial charge in [-0.25, -0.2) is 8.42 Å². The summed E-state index contributed by atoms with van der Waals surface area (Å²) in [5.41, 5.74) is 2.48. The van der Waals surface area contributed by atoms with Crippen LogP contribution in [0, 0.1) is 5.92 Å². The van der Waals surface area contributed by atoms with Gasteiger partial charge < -0.3 is 10.1 Å². The van der Waals surface area contributed by atoms with E-state index in [1.165, 1.54) is 42.0 Å². The molecule has 2 aliphatic rings. The molecule has 0 unspecified atom stereocenters. The molecule has 0 aromatic heterocycles. The molecule has 0 spiro atoms. The number of carbonyl (C=O) groups excluding carboxylic acids is 1. The van der Waals surface area contributed by atoms with Gasteiger partial charge in [0.1, 0.15) is 5.75 Å². The number of benzene rings is 2. The Hall–Kier alpha value is -2.42. The molecule has 0 atom stereocenters. The first-order valence-electron chi connectivity index (χ1n) is 12.1. The average Bonchev–Trinajstić information content (AvgIpc) is 3.36. The van der Waals surface area contributed by atoms with Crippen molar-refractivity contribution in [3.05, 3.63) is 59.2 Å². The Labute approximate surface area is 203 Å². The van der Waals surface area contributed by atoms with E-state index in [1.54, 1.807) is 6.07 Å². The number of methoxy groups -OCH3 is 1. The van der Waals surface area contributed by atoms with Crippen LogP contribution in [0.3, 0.4) is 0 Å². The number of piperidine rings is 1. The smallest absolute Gasteiger partial charge is 0.255 e.